The second-order valence-electron chi connectivity index (χ2n) is 7.79. The van der Waals surface area contributed by atoms with E-state index in [1.54, 1.807) is 11.8 Å². The number of hydrogen-bond donors (Lipinski definition) is 0. The number of carbonyl (C=O) groups excluding carboxylic acids is 2. The van der Waals surface area contributed by atoms with Crippen LogP contribution in [0.1, 0.15) is 46.6 Å². The molecule has 2 fully saturated rings. The fourth-order valence-electron chi connectivity index (χ4n) is 4.03. The van der Waals surface area contributed by atoms with Gasteiger partial charge in [-0.05, 0) is 42.0 Å². The lowest BCUT2D eigenvalue weighted by Gasteiger charge is -2.31. The van der Waals surface area contributed by atoms with E-state index in [1.165, 1.54) is 6.42 Å². The van der Waals surface area contributed by atoms with Crippen LogP contribution >= 0.6 is 11.8 Å². The molecule has 4 nitrogen and oxygen atoms in total. The van der Waals surface area contributed by atoms with Gasteiger partial charge in [-0.3, -0.25) is 9.59 Å². The normalized spacial score (nSPS) is 22.5. The van der Waals surface area contributed by atoms with Crippen molar-refractivity contribution in [2.45, 2.75) is 31.7 Å². The van der Waals surface area contributed by atoms with Crippen molar-refractivity contribution < 1.29 is 9.59 Å². The van der Waals surface area contributed by atoms with E-state index in [9.17, 15) is 9.59 Å². The summed E-state index contributed by atoms with van der Waals surface area (Å²) in [5.74, 6) is 1.37. The van der Waals surface area contributed by atoms with Crippen LogP contribution in [-0.4, -0.2) is 40.5 Å². The summed E-state index contributed by atoms with van der Waals surface area (Å²) < 4.78 is 0. The summed E-state index contributed by atoms with van der Waals surface area (Å²) in [6.07, 6.45) is 2.28. The maximum atomic E-state index is 12.8. The third kappa shape index (κ3) is 4.09. The first-order valence-electron chi connectivity index (χ1n) is 9.96. The number of amides is 2. The molecule has 0 unspecified atom stereocenters. The lowest BCUT2D eigenvalue weighted by molar-refractivity contribution is -0.128. The van der Waals surface area contributed by atoms with Crippen LogP contribution in [0.15, 0.2) is 54.6 Å². The predicted molar refractivity (Wildman–Crippen MR) is 113 cm³/mol. The average Bonchev–Trinajstić information content (AvgIpc) is 3.09. The van der Waals surface area contributed by atoms with Crippen LogP contribution in [-0.2, 0) is 11.3 Å². The molecule has 2 aromatic carbocycles. The highest BCUT2D eigenvalue weighted by Crippen LogP contribution is 2.39. The van der Waals surface area contributed by atoms with Gasteiger partial charge in [0.25, 0.3) is 5.91 Å². The van der Waals surface area contributed by atoms with Gasteiger partial charge in [-0.2, -0.15) is 0 Å². The lowest BCUT2D eigenvalue weighted by Crippen LogP contribution is -2.39. The minimum Gasteiger partial charge on any atom is -0.338 e. The van der Waals surface area contributed by atoms with E-state index in [2.05, 4.69) is 19.1 Å². The molecule has 2 atom stereocenters. The molecule has 2 aromatic rings. The average molecular weight is 395 g/mol. The first-order valence-corrected chi connectivity index (χ1v) is 11.0. The molecule has 0 radical (unpaired) electrons. The van der Waals surface area contributed by atoms with Gasteiger partial charge in [0.2, 0.25) is 5.91 Å². The molecule has 0 aromatic heterocycles. The van der Waals surface area contributed by atoms with Crippen LogP contribution in [0.25, 0.3) is 0 Å². The monoisotopic (exact) mass is 394 g/mol. The Morgan fingerprint density at radius 3 is 2.57 bits per heavy atom. The molecule has 2 heterocycles. The second kappa shape index (κ2) is 8.39. The first-order chi connectivity index (χ1) is 13.6. The van der Waals surface area contributed by atoms with E-state index in [0.29, 0.717) is 18.2 Å². The largest absolute Gasteiger partial charge is 0.338 e. The number of carbonyl (C=O) groups is 2. The molecular weight excluding hydrogens is 368 g/mol. The molecule has 0 spiro atoms. The molecule has 0 aliphatic carbocycles. The van der Waals surface area contributed by atoms with Gasteiger partial charge >= 0.3 is 0 Å². The van der Waals surface area contributed by atoms with Crippen LogP contribution < -0.4 is 0 Å². The van der Waals surface area contributed by atoms with Crippen molar-refractivity contribution in [1.29, 1.82) is 0 Å². The standard InChI is InChI=1S/C23H26N2O2S/c1-17-6-5-13-24(14-17)22(27)19-9-11-20(12-10-19)23-25(21(26)16-28-23)15-18-7-3-2-4-8-18/h2-4,7-12,17,23H,5-6,13-16H2,1H3/t17-,23-/m1/s1. The smallest absolute Gasteiger partial charge is 0.253 e. The number of thioether (sulfide) groups is 1. The van der Waals surface area contributed by atoms with Gasteiger partial charge in [0, 0.05) is 25.2 Å². The highest BCUT2D eigenvalue weighted by molar-refractivity contribution is 8.00. The highest BCUT2D eigenvalue weighted by atomic mass is 32.2. The second-order valence-corrected chi connectivity index (χ2v) is 8.86. The van der Waals surface area contributed by atoms with Crippen molar-refractivity contribution in [1.82, 2.24) is 9.80 Å². The Kier molecular flexibility index (Phi) is 5.72. The minimum absolute atomic E-state index is 0.00636. The van der Waals surface area contributed by atoms with Gasteiger partial charge in [-0.1, -0.05) is 49.4 Å². The lowest BCUT2D eigenvalue weighted by atomic mass is 9.99. The molecule has 146 valence electrons. The number of benzene rings is 2. The number of hydrogen-bond acceptors (Lipinski definition) is 3. The van der Waals surface area contributed by atoms with E-state index < -0.39 is 0 Å². The molecule has 0 bridgehead atoms. The Morgan fingerprint density at radius 2 is 1.86 bits per heavy atom. The zero-order chi connectivity index (χ0) is 19.5. The van der Waals surface area contributed by atoms with Gasteiger partial charge in [0.15, 0.2) is 0 Å². The maximum Gasteiger partial charge on any atom is 0.253 e. The van der Waals surface area contributed by atoms with Crippen LogP contribution in [0.2, 0.25) is 0 Å². The molecular formula is C23H26N2O2S. The zero-order valence-electron chi connectivity index (χ0n) is 16.2. The number of likely N-dealkylation sites (tertiary alicyclic amines) is 1. The highest BCUT2D eigenvalue weighted by Gasteiger charge is 2.33. The van der Waals surface area contributed by atoms with Crippen molar-refractivity contribution in [2.75, 3.05) is 18.8 Å². The van der Waals surface area contributed by atoms with E-state index in [0.717, 1.165) is 36.2 Å². The van der Waals surface area contributed by atoms with Crippen molar-refractivity contribution in [3.63, 3.8) is 0 Å². The fraction of sp³-hybridized carbons (Fsp3) is 0.391. The molecule has 2 aliphatic heterocycles. The van der Waals surface area contributed by atoms with Crippen molar-refractivity contribution >= 4 is 23.6 Å². The molecule has 2 amide bonds. The van der Waals surface area contributed by atoms with Gasteiger partial charge in [0.05, 0.1) is 5.75 Å². The Labute approximate surface area is 170 Å². The molecule has 28 heavy (non-hydrogen) atoms. The van der Waals surface area contributed by atoms with Crippen LogP contribution in [0.5, 0.6) is 0 Å². The van der Waals surface area contributed by atoms with Crippen LogP contribution in [0, 0.1) is 5.92 Å². The van der Waals surface area contributed by atoms with Crippen LogP contribution in [0.3, 0.4) is 0 Å². The van der Waals surface area contributed by atoms with E-state index in [-0.39, 0.29) is 17.2 Å². The molecule has 4 rings (SSSR count). The SMILES string of the molecule is C[C@@H]1CCCN(C(=O)c2ccc([C@H]3SCC(=O)N3Cc3ccccc3)cc2)C1. The molecule has 0 N–H and O–H groups in total. The predicted octanol–water partition coefficient (Wildman–Crippen LogP) is 4.33. The van der Waals surface area contributed by atoms with Crippen molar-refractivity contribution in [2.24, 2.45) is 5.92 Å². The van der Waals surface area contributed by atoms with E-state index in [1.807, 2.05) is 52.3 Å². The first kappa shape index (κ1) is 19.1. The van der Waals surface area contributed by atoms with Crippen molar-refractivity contribution in [3.05, 3.63) is 71.3 Å². The van der Waals surface area contributed by atoms with Gasteiger partial charge in [-0.15, -0.1) is 11.8 Å². The molecule has 2 aliphatic rings. The van der Waals surface area contributed by atoms with E-state index in [4.69, 9.17) is 0 Å². The quantitative estimate of drug-likeness (QED) is 0.775. The third-order valence-corrected chi connectivity index (χ3v) is 6.81. The van der Waals surface area contributed by atoms with Crippen LogP contribution in [0.4, 0.5) is 0 Å². The summed E-state index contributed by atoms with van der Waals surface area (Å²) in [6, 6.07) is 17.9. The summed E-state index contributed by atoms with van der Waals surface area (Å²) in [6.45, 7) is 4.52. The Hall–Kier alpha value is -2.27. The van der Waals surface area contributed by atoms with Gasteiger partial charge in [0.1, 0.15) is 5.37 Å². The summed E-state index contributed by atoms with van der Waals surface area (Å²) in [7, 11) is 0. The maximum absolute atomic E-state index is 12.8. The topological polar surface area (TPSA) is 40.6 Å². The van der Waals surface area contributed by atoms with Gasteiger partial charge in [-0.25, -0.2) is 0 Å². The fourth-order valence-corrected chi connectivity index (χ4v) is 5.22. The molecule has 5 heteroatoms. The Balaban J connectivity index is 1.48. The zero-order valence-corrected chi connectivity index (χ0v) is 17.0. The minimum atomic E-state index is 0.00636. The number of piperidine rings is 1. The summed E-state index contributed by atoms with van der Waals surface area (Å²) >= 11 is 1.65. The number of rotatable bonds is 4. The summed E-state index contributed by atoms with van der Waals surface area (Å²) in [5, 5.41) is 0.00636. The third-order valence-electron chi connectivity index (χ3n) is 5.55. The number of nitrogens with zero attached hydrogens (tertiary/aromatic N) is 2. The van der Waals surface area contributed by atoms with Crippen molar-refractivity contribution in [3.8, 4) is 0 Å². The Morgan fingerprint density at radius 1 is 1.11 bits per heavy atom. The van der Waals surface area contributed by atoms with Gasteiger partial charge < -0.3 is 9.80 Å². The van der Waals surface area contributed by atoms with E-state index >= 15 is 0 Å². The summed E-state index contributed by atoms with van der Waals surface area (Å²) in [5.41, 5.74) is 2.95. The molecule has 2 saturated heterocycles. The molecule has 0 saturated carbocycles. The summed E-state index contributed by atoms with van der Waals surface area (Å²) in [4.78, 5) is 29.1. The Bertz CT molecular complexity index is 837.